The molecule has 0 atom stereocenters. The van der Waals surface area contributed by atoms with E-state index in [0.29, 0.717) is 0 Å². The molecule has 0 saturated heterocycles. The quantitative estimate of drug-likeness (QED) is 0.160. The Morgan fingerprint density at radius 2 is 0.619 bits per heavy atom. The van der Waals surface area contributed by atoms with Crippen molar-refractivity contribution in [3.8, 4) is 44.5 Å². The number of rotatable bonds is 4. The van der Waals surface area contributed by atoms with Crippen LogP contribution in [0.4, 0.5) is 17.1 Å². The topological polar surface area (TPSA) is 3.24 Å². The van der Waals surface area contributed by atoms with E-state index in [9.17, 15) is 0 Å². The van der Waals surface area contributed by atoms with E-state index in [1.807, 2.05) is 6.92 Å². The first-order valence-corrected chi connectivity index (χ1v) is 22.0. The van der Waals surface area contributed by atoms with Crippen molar-refractivity contribution in [2.45, 2.75) is 24.7 Å². The lowest BCUT2D eigenvalue weighted by Gasteiger charge is -2.33. The molecule has 0 saturated carbocycles. The predicted molar refractivity (Wildman–Crippen MR) is 264 cm³/mol. The minimum atomic E-state index is -0.439. The lowest BCUT2D eigenvalue weighted by atomic mass is 9.70. The molecule has 0 bridgehead atoms. The summed E-state index contributed by atoms with van der Waals surface area (Å²) >= 11 is 0. The number of hydrogen-bond acceptors (Lipinski definition) is 1. The fourth-order valence-corrected chi connectivity index (χ4v) is 11.8. The van der Waals surface area contributed by atoms with Crippen molar-refractivity contribution in [3.63, 3.8) is 0 Å². The molecule has 4 aliphatic carbocycles. The molecule has 298 valence electrons. The standard InChI is InChI=1S/C59H39N.C3H6/c1-37(2)38-27-29-39(30-28-38)60(40-31-33-48-46-19-7-13-25-54(46)58(56(48)35-40)50-21-9-3-15-42(50)43-16-4-10-22-51(43)58)41-32-34-49-47-20-8-14-26-55(47)59(57(49)36-41)52-23-11-5-17-44(52)45-18-6-12-24-53(45)59;1-3-2/h3-36H,1H2,2H3;3H,1H2,2H3. The zero-order valence-electron chi connectivity index (χ0n) is 35.6. The lowest BCUT2D eigenvalue weighted by Crippen LogP contribution is -2.26. The van der Waals surface area contributed by atoms with E-state index in [1.54, 1.807) is 6.08 Å². The van der Waals surface area contributed by atoms with Gasteiger partial charge in [-0.2, -0.15) is 0 Å². The molecule has 63 heavy (non-hydrogen) atoms. The van der Waals surface area contributed by atoms with E-state index >= 15 is 0 Å². The molecule has 2 spiro atoms. The number of anilines is 3. The smallest absolute Gasteiger partial charge is 0.0726 e. The number of allylic oxidation sites excluding steroid dienone is 2. The van der Waals surface area contributed by atoms with Crippen LogP contribution in [0, 0.1) is 0 Å². The summed E-state index contributed by atoms with van der Waals surface area (Å²) in [7, 11) is 0. The minimum Gasteiger partial charge on any atom is -0.310 e. The molecule has 0 radical (unpaired) electrons. The largest absolute Gasteiger partial charge is 0.310 e. The molecule has 9 aromatic carbocycles. The third-order valence-electron chi connectivity index (χ3n) is 14.1. The Hall–Kier alpha value is -7.74. The van der Waals surface area contributed by atoms with Gasteiger partial charge in [0.25, 0.3) is 0 Å². The first kappa shape index (κ1) is 37.1. The van der Waals surface area contributed by atoms with Gasteiger partial charge < -0.3 is 4.90 Å². The Kier molecular flexibility index (Phi) is 8.17. The highest BCUT2D eigenvalue weighted by Crippen LogP contribution is 2.65. The van der Waals surface area contributed by atoms with Crippen LogP contribution < -0.4 is 4.90 Å². The molecule has 0 fully saturated rings. The highest BCUT2D eigenvalue weighted by atomic mass is 15.1. The van der Waals surface area contributed by atoms with E-state index in [1.165, 1.54) is 89.0 Å². The summed E-state index contributed by atoms with van der Waals surface area (Å²) < 4.78 is 0. The van der Waals surface area contributed by atoms with Crippen LogP contribution in [0.25, 0.3) is 50.1 Å². The fourth-order valence-electron chi connectivity index (χ4n) is 11.8. The summed E-state index contributed by atoms with van der Waals surface area (Å²) in [5, 5.41) is 0. The molecule has 13 rings (SSSR count). The Morgan fingerprint density at radius 1 is 0.365 bits per heavy atom. The molecule has 0 N–H and O–H groups in total. The first-order chi connectivity index (χ1) is 31.0. The maximum absolute atomic E-state index is 4.28. The van der Waals surface area contributed by atoms with Crippen LogP contribution in [0.5, 0.6) is 0 Å². The van der Waals surface area contributed by atoms with Crippen molar-refractivity contribution in [3.05, 3.63) is 276 Å². The minimum absolute atomic E-state index is 0.439. The average molecular weight is 804 g/mol. The summed E-state index contributed by atoms with van der Waals surface area (Å²) in [6, 6.07) is 77.8. The van der Waals surface area contributed by atoms with Crippen molar-refractivity contribution in [2.24, 2.45) is 0 Å². The zero-order chi connectivity index (χ0) is 42.5. The lowest BCUT2D eigenvalue weighted by molar-refractivity contribution is 0.792. The molecule has 9 aromatic rings. The zero-order valence-corrected chi connectivity index (χ0v) is 35.6. The second kappa shape index (κ2) is 13.9. The second-order valence-corrected chi connectivity index (χ2v) is 17.3. The number of nitrogens with zero attached hydrogens (tertiary/aromatic N) is 1. The molecule has 0 amide bonds. The SMILES string of the molecule is C=C(C)c1ccc(N(c2ccc3c(c2)C2(c4ccccc4-c4ccccc42)c2ccccc2-3)c2ccc3c(c2)C2(c4ccccc4-c4ccccc42)c2ccccc2-3)cc1.C=CC. The van der Waals surface area contributed by atoms with Gasteiger partial charge in [0.1, 0.15) is 0 Å². The van der Waals surface area contributed by atoms with Crippen LogP contribution in [0.2, 0.25) is 0 Å². The highest BCUT2D eigenvalue weighted by Gasteiger charge is 2.53. The second-order valence-electron chi connectivity index (χ2n) is 17.3. The molecular weight excluding hydrogens is 759 g/mol. The van der Waals surface area contributed by atoms with Crippen molar-refractivity contribution in [1.82, 2.24) is 0 Å². The van der Waals surface area contributed by atoms with Crippen molar-refractivity contribution in [2.75, 3.05) is 4.90 Å². The normalized spacial score (nSPS) is 13.9. The Bertz CT molecular complexity index is 3040. The van der Waals surface area contributed by atoms with Crippen molar-refractivity contribution < 1.29 is 0 Å². The molecule has 1 heteroatoms. The van der Waals surface area contributed by atoms with Gasteiger partial charge in [-0.05, 0) is 145 Å². The van der Waals surface area contributed by atoms with Gasteiger partial charge in [-0.1, -0.05) is 188 Å². The van der Waals surface area contributed by atoms with Gasteiger partial charge in [-0.25, -0.2) is 0 Å². The Labute approximate surface area is 370 Å². The van der Waals surface area contributed by atoms with Gasteiger partial charge in [0.15, 0.2) is 0 Å². The first-order valence-electron chi connectivity index (χ1n) is 22.0. The molecule has 1 nitrogen and oxygen atoms in total. The summed E-state index contributed by atoms with van der Waals surface area (Å²) in [6.07, 6.45) is 1.75. The molecule has 0 heterocycles. The monoisotopic (exact) mass is 803 g/mol. The van der Waals surface area contributed by atoms with Gasteiger partial charge >= 0.3 is 0 Å². The van der Waals surface area contributed by atoms with Crippen molar-refractivity contribution >= 4 is 22.6 Å². The molecule has 0 aliphatic heterocycles. The van der Waals surface area contributed by atoms with Crippen LogP contribution in [0.3, 0.4) is 0 Å². The van der Waals surface area contributed by atoms with E-state index in [2.05, 4.69) is 231 Å². The van der Waals surface area contributed by atoms with Crippen LogP contribution in [-0.2, 0) is 10.8 Å². The molecule has 0 aromatic heterocycles. The van der Waals surface area contributed by atoms with Crippen LogP contribution >= 0.6 is 0 Å². The number of fused-ring (bicyclic) bond motifs is 20. The summed E-state index contributed by atoms with van der Waals surface area (Å²) in [5.74, 6) is 0. The van der Waals surface area contributed by atoms with Gasteiger partial charge in [0, 0.05) is 17.1 Å². The van der Waals surface area contributed by atoms with Crippen LogP contribution in [0.1, 0.15) is 63.9 Å². The summed E-state index contributed by atoms with van der Waals surface area (Å²) in [5.41, 5.74) is 25.9. The molecule has 4 aliphatic rings. The van der Waals surface area contributed by atoms with E-state index in [-0.39, 0.29) is 0 Å². The third-order valence-corrected chi connectivity index (χ3v) is 14.1. The molecule has 0 unspecified atom stereocenters. The third kappa shape index (κ3) is 4.88. The maximum atomic E-state index is 4.28. The summed E-state index contributed by atoms with van der Waals surface area (Å²) in [4.78, 5) is 2.48. The number of hydrogen-bond donors (Lipinski definition) is 0. The van der Waals surface area contributed by atoms with Crippen LogP contribution in [-0.4, -0.2) is 0 Å². The van der Waals surface area contributed by atoms with E-state index in [4.69, 9.17) is 0 Å². The fraction of sp³-hybridized carbons (Fsp3) is 0.0645. The average Bonchev–Trinajstić information content (AvgIpc) is 4.01. The van der Waals surface area contributed by atoms with E-state index < -0.39 is 10.8 Å². The molecular formula is C62H45N. The van der Waals surface area contributed by atoms with Crippen LogP contribution in [0.15, 0.2) is 225 Å². The Morgan fingerprint density at radius 3 is 0.905 bits per heavy atom. The van der Waals surface area contributed by atoms with Gasteiger partial charge in [0.2, 0.25) is 0 Å². The highest BCUT2D eigenvalue weighted by molar-refractivity contribution is 5.98. The van der Waals surface area contributed by atoms with E-state index in [0.717, 1.165) is 28.2 Å². The van der Waals surface area contributed by atoms with Gasteiger partial charge in [-0.15, -0.1) is 6.58 Å². The number of benzene rings is 9. The van der Waals surface area contributed by atoms with Gasteiger partial charge in [0.05, 0.1) is 10.8 Å². The summed E-state index contributed by atoms with van der Waals surface area (Å²) in [6.45, 7) is 11.6. The maximum Gasteiger partial charge on any atom is 0.0726 e. The predicted octanol–water partition coefficient (Wildman–Crippen LogP) is 16.1. The van der Waals surface area contributed by atoms with Crippen molar-refractivity contribution in [1.29, 1.82) is 0 Å². The van der Waals surface area contributed by atoms with Gasteiger partial charge in [-0.3, -0.25) is 0 Å². The Balaban J connectivity index is 0.00000137.